The van der Waals surface area contributed by atoms with Crippen molar-refractivity contribution in [3.63, 3.8) is 0 Å². The van der Waals surface area contributed by atoms with Gasteiger partial charge in [-0.25, -0.2) is 22.8 Å². The Morgan fingerprint density at radius 3 is 1.89 bits per heavy atom. The van der Waals surface area contributed by atoms with Crippen molar-refractivity contribution in [3.05, 3.63) is 30.3 Å². The quantitative estimate of drug-likeness (QED) is 0.417. The summed E-state index contributed by atoms with van der Waals surface area (Å²) in [5.74, 6) is -3.76. The molecule has 1 rings (SSSR count). The first-order valence-electron chi connectivity index (χ1n) is 8.62. The van der Waals surface area contributed by atoms with E-state index < -0.39 is 21.8 Å². The van der Waals surface area contributed by atoms with Crippen LogP contribution in [0.5, 0.6) is 0 Å². The van der Waals surface area contributed by atoms with Gasteiger partial charge in [0.1, 0.15) is 0 Å². The number of nitrogens with zero attached hydrogens (tertiary/aromatic N) is 1. The van der Waals surface area contributed by atoms with Crippen LogP contribution in [0.25, 0.3) is 0 Å². The zero-order valence-electron chi connectivity index (χ0n) is 15.9. The Morgan fingerprint density at radius 2 is 1.43 bits per heavy atom. The lowest BCUT2D eigenvalue weighted by Gasteiger charge is -2.18. The van der Waals surface area contributed by atoms with E-state index in [2.05, 4.69) is 29.4 Å². The SMILES string of the molecule is CCN(CC)CCNC(=O)NCCS(=O)(=O)c1ccccc1.O=C(O)C(=O)O. The second-order valence-corrected chi connectivity index (χ2v) is 7.56. The molecule has 0 radical (unpaired) electrons. The summed E-state index contributed by atoms with van der Waals surface area (Å²) in [4.78, 5) is 32.3. The zero-order valence-corrected chi connectivity index (χ0v) is 16.7. The van der Waals surface area contributed by atoms with Crippen LogP contribution in [-0.4, -0.2) is 80.0 Å². The van der Waals surface area contributed by atoms with E-state index in [1.165, 1.54) is 0 Å². The number of carboxylic acid groups (broad SMARTS) is 2. The van der Waals surface area contributed by atoms with Crippen molar-refractivity contribution in [1.82, 2.24) is 15.5 Å². The molecular formula is C17H27N3O7S. The molecule has 0 aliphatic heterocycles. The first-order chi connectivity index (χ1) is 13.1. The van der Waals surface area contributed by atoms with Crippen LogP contribution in [0.3, 0.4) is 0 Å². The van der Waals surface area contributed by atoms with E-state index >= 15 is 0 Å². The number of nitrogens with one attached hydrogen (secondary N) is 2. The van der Waals surface area contributed by atoms with Crippen LogP contribution in [0.4, 0.5) is 4.79 Å². The van der Waals surface area contributed by atoms with Gasteiger partial charge < -0.3 is 25.7 Å². The van der Waals surface area contributed by atoms with Gasteiger partial charge in [-0.3, -0.25) is 0 Å². The number of carboxylic acids is 2. The maximum Gasteiger partial charge on any atom is 0.414 e. The fourth-order valence-corrected chi connectivity index (χ4v) is 3.15. The van der Waals surface area contributed by atoms with Crippen LogP contribution < -0.4 is 10.6 Å². The average Bonchev–Trinajstić information content (AvgIpc) is 2.66. The number of rotatable bonds is 9. The number of carbonyl (C=O) groups is 3. The standard InChI is InChI=1S/C15H25N3O3S.C2H2O4/c1-3-18(4-2)12-10-16-15(19)17-11-13-22(20,21)14-8-6-5-7-9-14;3-1(4)2(5)6/h5-9H,3-4,10-13H2,1-2H3,(H2,16,17,19);(H,3,4)(H,5,6). The van der Waals surface area contributed by atoms with E-state index in [-0.39, 0.29) is 23.2 Å². The Balaban J connectivity index is 0.00000105. The Labute approximate surface area is 164 Å². The lowest BCUT2D eigenvalue weighted by Crippen LogP contribution is -2.41. The summed E-state index contributed by atoms with van der Waals surface area (Å²) < 4.78 is 24.0. The fraction of sp³-hybridized carbons (Fsp3) is 0.471. The molecule has 0 unspecified atom stereocenters. The van der Waals surface area contributed by atoms with Crippen LogP contribution in [0.1, 0.15) is 13.8 Å². The maximum atomic E-state index is 12.0. The van der Waals surface area contributed by atoms with Crippen molar-refractivity contribution in [1.29, 1.82) is 0 Å². The van der Waals surface area contributed by atoms with Gasteiger partial charge in [0.05, 0.1) is 10.6 Å². The molecular weight excluding hydrogens is 390 g/mol. The molecule has 0 aromatic heterocycles. The molecule has 0 bridgehead atoms. The second kappa shape index (κ2) is 13.5. The summed E-state index contributed by atoms with van der Waals surface area (Å²) in [6.45, 7) is 7.43. The smallest absolute Gasteiger partial charge is 0.414 e. The lowest BCUT2D eigenvalue weighted by molar-refractivity contribution is -0.159. The molecule has 28 heavy (non-hydrogen) atoms. The molecule has 0 saturated heterocycles. The van der Waals surface area contributed by atoms with Gasteiger partial charge in [-0.2, -0.15) is 0 Å². The van der Waals surface area contributed by atoms with Gasteiger partial charge in [-0.05, 0) is 25.2 Å². The number of carbonyl (C=O) groups excluding carboxylic acids is 1. The Hall–Kier alpha value is -2.66. The molecule has 4 N–H and O–H groups in total. The monoisotopic (exact) mass is 417 g/mol. The van der Waals surface area contributed by atoms with Gasteiger partial charge in [0, 0.05) is 19.6 Å². The molecule has 0 spiro atoms. The topological polar surface area (TPSA) is 153 Å². The average molecular weight is 417 g/mol. The molecule has 11 heteroatoms. The van der Waals surface area contributed by atoms with Crippen molar-refractivity contribution >= 4 is 27.8 Å². The molecule has 0 heterocycles. The number of sulfone groups is 1. The third kappa shape index (κ3) is 11.1. The predicted octanol–water partition coefficient (Wildman–Crippen LogP) is 0.257. The molecule has 0 atom stereocenters. The summed E-state index contributed by atoms with van der Waals surface area (Å²) in [6.07, 6.45) is 0. The highest BCUT2D eigenvalue weighted by Gasteiger charge is 2.13. The molecule has 10 nitrogen and oxygen atoms in total. The van der Waals surface area contributed by atoms with E-state index in [1.807, 2.05) is 0 Å². The largest absolute Gasteiger partial charge is 0.473 e. The zero-order chi connectivity index (χ0) is 21.6. The summed E-state index contributed by atoms with van der Waals surface area (Å²) in [7, 11) is -3.35. The van der Waals surface area contributed by atoms with Gasteiger partial charge in [0.15, 0.2) is 9.84 Å². The number of hydrogen-bond acceptors (Lipinski definition) is 6. The maximum absolute atomic E-state index is 12.0. The minimum absolute atomic E-state index is 0.0916. The Bertz CT molecular complexity index is 708. The Kier molecular flexibility index (Phi) is 12.2. The highest BCUT2D eigenvalue weighted by atomic mass is 32.2. The van der Waals surface area contributed by atoms with Crippen LogP contribution in [0, 0.1) is 0 Å². The van der Waals surface area contributed by atoms with Gasteiger partial charge >= 0.3 is 18.0 Å². The van der Waals surface area contributed by atoms with Crippen molar-refractivity contribution in [3.8, 4) is 0 Å². The summed E-state index contributed by atoms with van der Waals surface area (Å²) in [5.41, 5.74) is 0. The number of benzene rings is 1. The van der Waals surface area contributed by atoms with E-state index in [1.54, 1.807) is 30.3 Å². The fourth-order valence-electron chi connectivity index (χ4n) is 1.97. The molecule has 158 valence electrons. The van der Waals surface area contributed by atoms with Crippen LogP contribution in [0.2, 0.25) is 0 Å². The highest BCUT2D eigenvalue weighted by molar-refractivity contribution is 7.91. The Morgan fingerprint density at radius 1 is 0.929 bits per heavy atom. The van der Waals surface area contributed by atoms with E-state index in [0.29, 0.717) is 6.54 Å². The lowest BCUT2D eigenvalue weighted by atomic mass is 10.4. The molecule has 1 aromatic carbocycles. The third-order valence-corrected chi connectivity index (χ3v) is 5.28. The molecule has 0 fully saturated rings. The first kappa shape index (κ1) is 25.3. The number of hydrogen-bond donors (Lipinski definition) is 4. The number of aliphatic carboxylic acids is 2. The van der Waals surface area contributed by atoms with Gasteiger partial charge in [-0.1, -0.05) is 32.0 Å². The van der Waals surface area contributed by atoms with Gasteiger partial charge in [0.25, 0.3) is 0 Å². The van der Waals surface area contributed by atoms with Crippen LogP contribution in [0.15, 0.2) is 35.2 Å². The first-order valence-corrected chi connectivity index (χ1v) is 10.3. The van der Waals surface area contributed by atoms with Crippen molar-refractivity contribution in [2.24, 2.45) is 0 Å². The van der Waals surface area contributed by atoms with Crippen molar-refractivity contribution < 1.29 is 33.0 Å². The van der Waals surface area contributed by atoms with Crippen molar-refractivity contribution in [2.75, 3.05) is 38.5 Å². The van der Waals surface area contributed by atoms with Gasteiger partial charge in [-0.15, -0.1) is 0 Å². The van der Waals surface area contributed by atoms with Crippen LogP contribution in [-0.2, 0) is 19.4 Å². The summed E-state index contributed by atoms with van der Waals surface area (Å²) >= 11 is 0. The van der Waals surface area contributed by atoms with E-state index in [9.17, 15) is 13.2 Å². The predicted molar refractivity (Wildman–Crippen MR) is 103 cm³/mol. The van der Waals surface area contributed by atoms with E-state index in [4.69, 9.17) is 19.8 Å². The molecule has 0 aliphatic carbocycles. The number of likely N-dealkylation sites (N-methyl/N-ethyl adjacent to an activating group) is 1. The minimum Gasteiger partial charge on any atom is -0.473 e. The summed E-state index contributed by atoms with van der Waals surface area (Å²) in [5, 5.41) is 20.1. The molecule has 0 aliphatic rings. The van der Waals surface area contributed by atoms with Crippen molar-refractivity contribution in [2.45, 2.75) is 18.7 Å². The minimum atomic E-state index is -3.35. The van der Waals surface area contributed by atoms with Crippen LogP contribution >= 0.6 is 0 Å². The normalized spacial score (nSPS) is 10.5. The van der Waals surface area contributed by atoms with E-state index in [0.717, 1.165) is 19.6 Å². The van der Waals surface area contributed by atoms with Gasteiger partial charge in [0.2, 0.25) is 0 Å². The molecule has 1 aromatic rings. The number of amides is 2. The second-order valence-electron chi connectivity index (χ2n) is 5.45. The summed E-state index contributed by atoms with van der Waals surface area (Å²) in [6, 6.07) is 7.90. The molecule has 2 amide bonds. The third-order valence-electron chi connectivity index (χ3n) is 3.55. The number of urea groups is 1. The molecule has 0 saturated carbocycles. The highest BCUT2D eigenvalue weighted by Crippen LogP contribution is 2.09.